The van der Waals surface area contributed by atoms with Gasteiger partial charge in [-0.05, 0) is 0 Å². The van der Waals surface area contributed by atoms with Gasteiger partial charge in [0.25, 0.3) is 0 Å². The number of hydrogen-bond acceptors (Lipinski definition) is 4. The molecule has 4 aromatic rings. The van der Waals surface area contributed by atoms with E-state index in [0.29, 0.717) is 17.2 Å². The number of nitrogens with zero attached hydrogens (tertiary/aromatic N) is 2. The van der Waals surface area contributed by atoms with Gasteiger partial charge in [0.1, 0.15) is 0 Å². The zero-order chi connectivity index (χ0) is 21.8. The summed E-state index contributed by atoms with van der Waals surface area (Å²) in [5.41, 5.74) is 4.67. The monoisotopic (exact) mass is 422 g/mol. The molecule has 0 aliphatic carbocycles. The standard InChI is InChI=1S/C25H23N2O3.Na/c1-28-22-16-24(30-3)23(29-2)15-21(22)25-26-13-14-27(25)17-18-9-11-20(12-10-18)19-7-5-4-6-8-19;/h4-11,13-16H,17H2,1-3H3;. The third-order valence-corrected chi connectivity index (χ3v) is 6.22. The minimum atomic E-state index is 0.623. The first kappa shape index (κ1) is 21.5. The van der Waals surface area contributed by atoms with Crippen molar-refractivity contribution in [3.05, 3.63) is 78.6 Å². The average Bonchev–Trinajstić information content (AvgIpc) is 3.26. The summed E-state index contributed by atoms with van der Waals surface area (Å²) in [7, 11) is 4.89. The van der Waals surface area contributed by atoms with Gasteiger partial charge in [0.2, 0.25) is 0 Å². The molecule has 0 amide bonds. The zero-order valence-corrected chi connectivity index (χ0v) is 20.3. The van der Waals surface area contributed by atoms with Crippen molar-refractivity contribution in [3.63, 3.8) is 0 Å². The van der Waals surface area contributed by atoms with Crippen molar-refractivity contribution >= 4 is 30.7 Å². The molecule has 0 aliphatic heterocycles. The molecule has 31 heavy (non-hydrogen) atoms. The van der Waals surface area contributed by atoms with Crippen LogP contribution in [0.4, 0.5) is 0 Å². The summed E-state index contributed by atoms with van der Waals surface area (Å²) in [6.07, 6.45) is 3.80. The van der Waals surface area contributed by atoms with Crippen LogP contribution in [0.25, 0.3) is 22.5 Å². The molecule has 1 aromatic heterocycles. The van der Waals surface area contributed by atoms with Crippen LogP contribution in [0.3, 0.4) is 0 Å². The number of rotatable bonds is 7. The molecule has 0 bridgehead atoms. The predicted octanol–water partition coefficient (Wildman–Crippen LogP) is 4.09. The maximum absolute atomic E-state index is 5.62. The zero-order valence-electron chi connectivity index (χ0n) is 18.3. The third-order valence-electron chi connectivity index (χ3n) is 5.39. The Hall–Kier alpha value is -2.73. The van der Waals surface area contributed by atoms with E-state index < -0.39 is 0 Å². The van der Waals surface area contributed by atoms with Gasteiger partial charge in [0, 0.05) is 0 Å². The van der Waals surface area contributed by atoms with E-state index in [1.807, 2.05) is 30.6 Å². The summed E-state index contributed by atoms with van der Waals surface area (Å²) in [5, 5.41) is 0. The number of hydrogen-bond donors (Lipinski definition) is 0. The van der Waals surface area contributed by atoms with Crippen molar-refractivity contribution in [2.75, 3.05) is 21.3 Å². The van der Waals surface area contributed by atoms with Gasteiger partial charge in [-0.3, -0.25) is 0 Å². The van der Waals surface area contributed by atoms with Gasteiger partial charge in [-0.1, -0.05) is 0 Å². The Morgan fingerprint density at radius 2 is 1.52 bits per heavy atom. The van der Waals surface area contributed by atoms with Crippen LogP contribution in [0, 0.1) is 0 Å². The van der Waals surface area contributed by atoms with Crippen molar-refractivity contribution < 1.29 is 14.2 Å². The van der Waals surface area contributed by atoms with E-state index in [1.165, 1.54) is 19.5 Å². The van der Waals surface area contributed by atoms with Crippen molar-refractivity contribution in [1.29, 1.82) is 0 Å². The van der Waals surface area contributed by atoms with E-state index in [4.69, 9.17) is 14.2 Å². The maximum atomic E-state index is 5.62. The van der Waals surface area contributed by atoms with E-state index in [2.05, 4.69) is 52.0 Å². The third kappa shape index (κ3) is 4.49. The Kier molecular flexibility index (Phi) is 6.66. The van der Waals surface area contributed by atoms with E-state index in [9.17, 15) is 0 Å². The van der Waals surface area contributed by atoms with Gasteiger partial charge in [-0.25, -0.2) is 0 Å². The quantitative estimate of drug-likeness (QED) is 0.421. The van der Waals surface area contributed by atoms with Gasteiger partial charge in [0.15, 0.2) is 0 Å². The molecule has 0 N–H and O–H groups in total. The number of methoxy groups -OCH3 is 3. The summed E-state index contributed by atoms with van der Waals surface area (Å²) in [4.78, 5) is 4.60. The molecule has 5 nitrogen and oxygen atoms in total. The van der Waals surface area contributed by atoms with Gasteiger partial charge < -0.3 is 0 Å². The molecule has 0 radical (unpaired) electrons. The summed E-state index contributed by atoms with van der Waals surface area (Å²) in [5.74, 6) is 2.77. The van der Waals surface area contributed by atoms with Crippen LogP contribution in [-0.4, -0.2) is 58.8 Å². The van der Waals surface area contributed by atoms with Crippen LogP contribution in [0.5, 0.6) is 17.2 Å². The van der Waals surface area contributed by atoms with Crippen LogP contribution in [0.1, 0.15) is 5.56 Å². The molecule has 152 valence electrons. The summed E-state index contributed by atoms with van der Waals surface area (Å²) < 4.78 is 20.0. The average molecular weight is 422 g/mol. The van der Waals surface area contributed by atoms with Crippen LogP contribution in [-0.2, 0) is 6.54 Å². The van der Waals surface area contributed by atoms with E-state index in [0.717, 1.165) is 45.9 Å². The predicted molar refractivity (Wildman–Crippen MR) is 124 cm³/mol. The Morgan fingerprint density at radius 1 is 0.806 bits per heavy atom. The van der Waals surface area contributed by atoms with Crippen LogP contribution in [0.2, 0.25) is 0 Å². The molecule has 3 aromatic carbocycles. The molecule has 1 heterocycles. The van der Waals surface area contributed by atoms with Crippen LogP contribution >= 0.6 is 0 Å². The van der Waals surface area contributed by atoms with E-state index in [1.54, 1.807) is 21.3 Å². The van der Waals surface area contributed by atoms with Crippen molar-refractivity contribution in [2.24, 2.45) is 0 Å². The van der Waals surface area contributed by atoms with Crippen LogP contribution < -0.4 is 17.0 Å². The molecular formula is C25H23N2NaO3. The molecule has 0 spiro atoms. The Balaban J connectivity index is 1.68. The summed E-state index contributed by atoms with van der Waals surface area (Å²) in [6.45, 7) is 0.719. The summed E-state index contributed by atoms with van der Waals surface area (Å²) >= 11 is 0.978. The molecule has 0 saturated carbocycles. The number of aromatic nitrogens is 2. The van der Waals surface area contributed by atoms with Crippen molar-refractivity contribution in [3.8, 4) is 39.8 Å². The van der Waals surface area contributed by atoms with Crippen molar-refractivity contribution in [2.45, 2.75) is 6.54 Å². The second-order valence-corrected chi connectivity index (χ2v) is 8.38. The molecule has 0 atom stereocenters. The molecule has 4 rings (SSSR count). The number of ether oxygens (including phenoxy) is 3. The number of benzene rings is 3. The second-order valence-electron chi connectivity index (χ2n) is 7.30. The van der Waals surface area contributed by atoms with E-state index in [-0.39, 0.29) is 0 Å². The van der Waals surface area contributed by atoms with Gasteiger partial charge >= 0.3 is 201 Å². The first-order chi connectivity index (χ1) is 15.1. The Morgan fingerprint density at radius 3 is 2.19 bits per heavy atom. The van der Waals surface area contributed by atoms with E-state index >= 15 is 0 Å². The molecule has 0 aliphatic rings. The number of imidazole rings is 1. The Labute approximate surface area is 200 Å². The molecular weight excluding hydrogens is 399 g/mol. The van der Waals surface area contributed by atoms with Gasteiger partial charge in [0.05, 0.1) is 0 Å². The normalized spacial score (nSPS) is 10.7. The van der Waals surface area contributed by atoms with Crippen molar-refractivity contribution in [1.82, 2.24) is 9.55 Å². The minimum absolute atomic E-state index is 0.623. The second kappa shape index (κ2) is 9.60. The first-order valence-electron chi connectivity index (χ1n) is 10.1. The fraction of sp³-hybridized carbons (Fsp3) is 0.160. The molecule has 0 fully saturated rings. The molecule has 0 unspecified atom stereocenters. The SMILES string of the molecule is COc1cc(OC)c(-c2nccn2Cc2ccc(-c3ccccc3)[c]([Na])c2)cc1OC. The van der Waals surface area contributed by atoms with Gasteiger partial charge in [-0.2, -0.15) is 0 Å². The molecule has 0 saturated heterocycles. The van der Waals surface area contributed by atoms with Gasteiger partial charge in [-0.15, -0.1) is 0 Å². The Bertz CT molecular complexity index is 1190. The fourth-order valence-corrected chi connectivity index (χ4v) is 4.67. The van der Waals surface area contributed by atoms with Crippen LogP contribution in [0.15, 0.2) is 73.1 Å². The first-order valence-corrected chi connectivity index (χ1v) is 11.1. The topological polar surface area (TPSA) is 45.5 Å². The fourth-order valence-electron chi connectivity index (χ4n) is 3.85. The summed E-state index contributed by atoms with van der Waals surface area (Å²) in [6, 6.07) is 21.0. The molecule has 6 heteroatoms.